The number of carbonyl (C=O) groups excluding carboxylic acids is 2. The molecule has 10 heteroatoms. The number of rotatable bonds is 6. The van der Waals surface area contributed by atoms with E-state index in [0.717, 1.165) is 28.5 Å². The summed E-state index contributed by atoms with van der Waals surface area (Å²) in [6.07, 6.45) is 7.03. The molecule has 1 aromatic carbocycles. The van der Waals surface area contributed by atoms with Crippen LogP contribution in [0.3, 0.4) is 0 Å². The molecule has 2 aromatic heterocycles. The molecule has 0 aliphatic heterocycles. The maximum absolute atomic E-state index is 14.2. The summed E-state index contributed by atoms with van der Waals surface area (Å²) in [5.41, 5.74) is 1.43. The molecule has 0 atom stereocenters. The van der Waals surface area contributed by atoms with Gasteiger partial charge in [-0.1, -0.05) is 32.1 Å². The Bertz CT molecular complexity index is 1180. The summed E-state index contributed by atoms with van der Waals surface area (Å²) >= 11 is 0. The number of halogens is 1. The highest BCUT2D eigenvalue weighted by atomic mass is 32.2. The number of hydrogen-bond donors (Lipinski definition) is 1. The minimum atomic E-state index is -3.84. The molecule has 168 valence electrons. The maximum atomic E-state index is 14.2. The van der Waals surface area contributed by atoms with Crippen LogP contribution in [0.25, 0.3) is 11.3 Å². The molecule has 0 saturated carbocycles. The van der Waals surface area contributed by atoms with Crippen molar-refractivity contribution in [2.45, 2.75) is 24.7 Å². The average molecular weight is 460 g/mol. The molecule has 8 nitrogen and oxygen atoms in total. The lowest BCUT2D eigenvalue weighted by Gasteiger charge is -2.10. The predicted molar refractivity (Wildman–Crippen MR) is 113 cm³/mol. The summed E-state index contributed by atoms with van der Waals surface area (Å²) in [7, 11) is -3.84. The van der Waals surface area contributed by atoms with E-state index in [-0.39, 0.29) is 16.6 Å². The minimum Gasteiger partial charge on any atom is -0.478 e. The van der Waals surface area contributed by atoms with Gasteiger partial charge in [0, 0.05) is 30.2 Å². The molecule has 1 N–H and O–H groups in total. The van der Waals surface area contributed by atoms with Crippen molar-refractivity contribution < 1.29 is 32.3 Å². The molecule has 0 unspecified atom stereocenters. The summed E-state index contributed by atoms with van der Waals surface area (Å²) in [5.74, 6) is -1.44. The first kappa shape index (κ1) is 26.2. The normalized spacial score (nSPS) is 9.94. The van der Waals surface area contributed by atoms with Crippen LogP contribution in [0, 0.1) is 5.82 Å². The Hall–Kier alpha value is -3.88. The van der Waals surface area contributed by atoms with Crippen LogP contribution in [0.5, 0.6) is 0 Å². The lowest BCUT2D eigenvalue weighted by Crippen LogP contribution is -2.13. The molecule has 0 bridgehead atoms. The van der Waals surface area contributed by atoms with Crippen molar-refractivity contribution in [3.63, 3.8) is 0 Å². The van der Waals surface area contributed by atoms with Crippen LogP contribution >= 0.6 is 0 Å². The van der Waals surface area contributed by atoms with Crippen molar-refractivity contribution >= 4 is 22.1 Å². The number of aromatic nitrogens is 2. The van der Waals surface area contributed by atoms with Gasteiger partial charge in [-0.3, -0.25) is 4.98 Å². The van der Waals surface area contributed by atoms with E-state index in [1.165, 1.54) is 24.5 Å². The summed E-state index contributed by atoms with van der Waals surface area (Å²) in [6, 6.07) is 10.9. The van der Waals surface area contributed by atoms with E-state index in [9.17, 15) is 17.6 Å². The van der Waals surface area contributed by atoms with Crippen molar-refractivity contribution in [2.24, 2.45) is 0 Å². The van der Waals surface area contributed by atoms with Crippen LogP contribution in [0.1, 0.15) is 18.9 Å². The van der Waals surface area contributed by atoms with Crippen LogP contribution in [0.2, 0.25) is 0 Å². The Labute approximate surface area is 184 Å². The van der Waals surface area contributed by atoms with Crippen LogP contribution in [0.15, 0.2) is 78.6 Å². The van der Waals surface area contributed by atoms with E-state index in [2.05, 4.69) is 11.6 Å². The SMILES string of the molecule is C=CC(=O)O.CCCc1cc(-c2ccccc2F)n(S(=O)(=O)c2cccnc2)c1.O=C=O. The van der Waals surface area contributed by atoms with Gasteiger partial charge in [-0.15, -0.1) is 0 Å². The van der Waals surface area contributed by atoms with E-state index in [1.807, 2.05) is 6.92 Å². The van der Waals surface area contributed by atoms with E-state index < -0.39 is 21.8 Å². The van der Waals surface area contributed by atoms with E-state index in [4.69, 9.17) is 14.7 Å². The molecule has 0 fully saturated rings. The third kappa shape index (κ3) is 7.12. The van der Waals surface area contributed by atoms with Gasteiger partial charge in [0.15, 0.2) is 0 Å². The van der Waals surface area contributed by atoms with Crippen molar-refractivity contribution in [1.82, 2.24) is 8.96 Å². The molecule has 0 amide bonds. The molecule has 0 radical (unpaired) electrons. The van der Waals surface area contributed by atoms with Gasteiger partial charge in [-0.05, 0) is 42.3 Å². The highest BCUT2D eigenvalue weighted by Crippen LogP contribution is 2.29. The third-order valence-corrected chi connectivity index (χ3v) is 5.55. The lowest BCUT2D eigenvalue weighted by atomic mass is 10.1. The van der Waals surface area contributed by atoms with Crippen LogP contribution in [0.4, 0.5) is 4.39 Å². The van der Waals surface area contributed by atoms with Gasteiger partial charge < -0.3 is 5.11 Å². The topological polar surface area (TPSA) is 123 Å². The number of benzene rings is 1. The number of carbonyl (C=O) groups is 1. The lowest BCUT2D eigenvalue weighted by molar-refractivity contribution is -0.191. The predicted octanol–water partition coefficient (Wildman–Crippen LogP) is 3.55. The number of pyridine rings is 1. The van der Waals surface area contributed by atoms with Gasteiger partial charge in [-0.25, -0.2) is 21.6 Å². The van der Waals surface area contributed by atoms with Crippen molar-refractivity contribution in [1.29, 1.82) is 0 Å². The van der Waals surface area contributed by atoms with E-state index in [1.54, 1.807) is 36.5 Å². The Kier molecular flexibility index (Phi) is 10.4. The molecule has 0 saturated heterocycles. The highest BCUT2D eigenvalue weighted by Gasteiger charge is 2.23. The summed E-state index contributed by atoms with van der Waals surface area (Å²) in [4.78, 5) is 29.4. The standard InChI is InChI=1S/C18H17FN2O2S.C3H4O2.CO2/c1-2-6-14-11-18(16-8-3-4-9-17(16)19)21(13-14)24(22,23)15-7-5-10-20-12-15;1-2-3(4)5;2-1-3/h3-5,7-13H,2,6H2,1H3;2H,1H2,(H,4,5);. The first-order valence-corrected chi connectivity index (χ1v) is 10.6. The van der Waals surface area contributed by atoms with Crippen LogP contribution in [-0.2, 0) is 30.8 Å². The monoisotopic (exact) mass is 460 g/mol. The number of aliphatic carboxylic acids is 1. The minimum absolute atomic E-state index is 0.0706. The number of carboxylic acid groups (broad SMARTS) is 1. The second-order valence-corrected chi connectivity index (χ2v) is 7.89. The zero-order valence-electron chi connectivity index (χ0n) is 17.1. The quantitative estimate of drug-likeness (QED) is 0.558. The largest absolute Gasteiger partial charge is 0.478 e. The van der Waals surface area contributed by atoms with Gasteiger partial charge >= 0.3 is 12.1 Å². The van der Waals surface area contributed by atoms with Gasteiger partial charge in [0.05, 0.1) is 5.69 Å². The molecular formula is C22H21FN2O6S. The maximum Gasteiger partial charge on any atom is 0.373 e. The van der Waals surface area contributed by atoms with Gasteiger partial charge in [0.2, 0.25) is 0 Å². The number of hydrogen-bond acceptors (Lipinski definition) is 6. The number of aryl methyl sites for hydroxylation is 1. The fraction of sp³-hybridized carbons (Fsp3) is 0.136. The van der Waals surface area contributed by atoms with Gasteiger partial charge in [-0.2, -0.15) is 9.59 Å². The molecule has 0 spiro atoms. The zero-order valence-corrected chi connectivity index (χ0v) is 18.0. The van der Waals surface area contributed by atoms with Crippen LogP contribution < -0.4 is 0 Å². The molecule has 0 aliphatic carbocycles. The third-order valence-electron chi connectivity index (χ3n) is 3.90. The fourth-order valence-corrected chi connectivity index (χ4v) is 3.96. The highest BCUT2D eigenvalue weighted by molar-refractivity contribution is 7.90. The molecule has 3 aromatic rings. The summed E-state index contributed by atoms with van der Waals surface area (Å²) < 4.78 is 41.3. The Morgan fingerprint density at radius 1 is 1.25 bits per heavy atom. The smallest absolute Gasteiger partial charge is 0.373 e. The zero-order chi connectivity index (χ0) is 24.1. The first-order chi connectivity index (χ1) is 15.2. The second kappa shape index (κ2) is 12.7. The van der Waals surface area contributed by atoms with Crippen LogP contribution in [-0.4, -0.2) is 34.6 Å². The molecule has 2 heterocycles. The number of carboxylic acids is 1. The van der Waals surface area contributed by atoms with E-state index >= 15 is 0 Å². The van der Waals surface area contributed by atoms with E-state index in [0.29, 0.717) is 5.69 Å². The van der Waals surface area contributed by atoms with Gasteiger partial charge in [0.1, 0.15) is 10.7 Å². The molecule has 0 aliphatic rings. The summed E-state index contributed by atoms with van der Waals surface area (Å²) in [6.45, 7) is 4.97. The average Bonchev–Trinajstić information content (AvgIpc) is 3.20. The van der Waals surface area contributed by atoms with Gasteiger partial charge in [0.25, 0.3) is 10.0 Å². The summed E-state index contributed by atoms with van der Waals surface area (Å²) in [5, 5.41) is 7.60. The fourth-order valence-electron chi connectivity index (χ4n) is 2.60. The number of nitrogens with zero attached hydrogens (tertiary/aromatic N) is 2. The second-order valence-electron chi connectivity index (χ2n) is 6.08. The first-order valence-electron chi connectivity index (χ1n) is 9.19. The Morgan fingerprint density at radius 2 is 1.88 bits per heavy atom. The molecule has 3 rings (SSSR count). The van der Waals surface area contributed by atoms with Crippen molar-refractivity contribution in [3.8, 4) is 11.3 Å². The Balaban J connectivity index is 0.000000555. The van der Waals surface area contributed by atoms with Crippen molar-refractivity contribution in [2.75, 3.05) is 0 Å². The Morgan fingerprint density at radius 3 is 2.38 bits per heavy atom. The molecular weight excluding hydrogens is 439 g/mol. The van der Waals surface area contributed by atoms with Crippen molar-refractivity contribution in [3.05, 3.63) is 85.1 Å². The molecule has 32 heavy (non-hydrogen) atoms.